The highest BCUT2D eigenvalue weighted by Gasteiger charge is 2.63. The van der Waals surface area contributed by atoms with E-state index in [-0.39, 0.29) is 29.6 Å². The number of ether oxygens (including phenoxy) is 3. The fourth-order valence-corrected chi connectivity index (χ4v) is 9.54. The normalized spacial score (nSPS) is 37.2. The molecular formula is C34H67N3O4. The van der Waals surface area contributed by atoms with Crippen molar-refractivity contribution in [3.05, 3.63) is 0 Å². The monoisotopic (exact) mass is 582 g/mol. The largest absolute Gasteiger partial charge is 0.396 e. The average molecular weight is 582 g/mol. The molecule has 0 spiro atoms. The number of nitrogens with two attached hydrogens (primary N) is 3. The molecule has 2 unspecified atom stereocenters. The standard InChI is InChI=1S/C34H67N3O4/c1-5-30(40-22-8-18-36)32-28-12-11-27(25(2)10-6-20-38)34(28,4)31(41-23-9-19-37)24-29(32)33(3)15-13-26(14-16-33)39-21-7-17-35/h25-32,38H,5-24,35-37H2,1-4H3/t25-,26?,27-,28+,29+,30-,31+,32?,33?,34?/m1/s1. The van der Waals surface area contributed by atoms with Gasteiger partial charge < -0.3 is 36.5 Å². The zero-order chi connectivity index (χ0) is 29.9. The van der Waals surface area contributed by atoms with Crippen molar-refractivity contribution < 1.29 is 19.3 Å². The molecule has 0 heterocycles. The Morgan fingerprint density at radius 1 is 0.829 bits per heavy atom. The molecule has 3 aliphatic rings. The lowest BCUT2D eigenvalue weighted by molar-refractivity contribution is -0.192. The summed E-state index contributed by atoms with van der Waals surface area (Å²) < 4.78 is 19.9. The maximum absolute atomic E-state index is 9.61. The minimum Gasteiger partial charge on any atom is -0.396 e. The third-order valence-corrected chi connectivity index (χ3v) is 11.8. The van der Waals surface area contributed by atoms with Crippen LogP contribution in [-0.2, 0) is 14.2 Å². The molecule has 0 aromatic rings. The van der Waals surface area contributed by atoms with E-state index in [0.717, 1.165) is 77.6 Å². The zero-order valence-corrected chi connectivity index (χ0v) is 27.2. The molecule has 7 nitrogen and oxygen atoms in total. The molecule has 0 radical (unpaired) electrons. The van der Waals surface area contributed by atoms with Crippen LogP contribution < -0.4 is 17.2 Å². The predicted molar refractivity (Wildman–Crippen MR) is 169 cm³/mol. The van der Waals surface area contributed by atoms with Crippen molar-refractivity contribution in [2.45, 2.75) is 129 Å². The van der Waals surface area contributed by atoms with Crippen molar-refractivity contribution in [3.63, 3.8) is 0 Å². The van der Waals surface area contributed by atoms with Gasteiger partial charge in [-0.2, -0.15) is 0 Å². The van der Waals surface area contributed by atoms with Crippen LogP contribution >= 0.6 is 0 Å². The van der Waals surface area contributed by atoms with Gasteiger partial charge in [-0.05, 0) is 138 Å². The summed E-state index contributed by atoms with van der Waals surface area (Å²) in [6.07, 6.45) is 14.9. The number of fused-ring (bicyclic) bond motifs is 1. The average Bonchev–Trinajstić information content (AvgIpc) is 3.33. The molecule has 41 heavy (non-hydrogen) atoms. The molecule has 0 aliphatic heterocycles. The highest BCUT2D eigenvalue weighted by molar-refractivity contribution is 5.12. The summed E-state index contributed by atoms with van der Waals surface area (Å²) in [5, 5.41) is 9.61. The second-order valence-electron chi connectivity index (χ2n) is 14.2. The van der Waals surface area contributed by atoms with Crippen LogP contribution in [0.5, 0.6) is 0 Å². The first-order valence-corrected chi connectivity index (χ1v) is 17.4. The predicted octanol–water partition coefficient (Wildman–Crippen LogP) is 5.26. The minimum absolute atomic E-state index is 0.105. The number of hydrogen-bond acceptors (Lipinski definition) is 7. The van der Waals surface area contributed by atoms with Crippen molar-refractivity contribution >= 4 is 0 Å². The summed E-state index contributed by atoms with van der Waals surface area (Å²) in [4.78, 5) is 0. The molecule has 3 aliphatic carbocycles. The van der Waals surface area contributed by atoms with Gasteiger partial charge in [-0.3, -0.25) is 0 Å². The van der Waals surface area contributed by atoms with Gasteiger partial charge in [0.1, 0.15) is 0 Å². The van der Waals surface area contributed by atoms with E-state index in [0.29, 0.717) is 55.3 Å². The first-order valence-electron chi connectivity index (χ1n) is 17.4. The third kappa shape index (κ3) is 8.46. The van der Waals surface area contributed by atoms with Gasteiger partial charge in [0, 0.05) is 31.8 Å². The lowest BCUT2D eigenvalue weighted by atomic mass is 9.48. The summed E-state index contributed by atoms with van der Waals surface area (Å²) in [7, 11) is 0. The van der Waals surface area contributed by atoms with Crippen LogP contribution in [0.25, 0.3) is 0 Å². The Morgan fingerprint density at radius 3 is 2.07 bits per heavy atom. The van der Waals surface area contributed by atoms with E-state index in [9.17, 15) is 5.11 Å². The fraction of sp³-hybridized carbons (Fsp3) is 1.00. The number of hydrogen-bond donors (Lipinski definition) is 4. The number of rotatable bonds is 19. The quantitative estimate of drug-likeness (QED) is 0.153. The molecule has 7 N–H and O–H groups in total. The first kappa shape index (κ1) is 35.2. The Kier molecular flexibility index (Phi) is 14.8. The number of aliphatic hydroxyl groups excluding tert-OH is 1. The molecule has 0 amide bonds. The Labute approximate surface area is 252 Å². The van der Waals surface area contributed by atoms with E-state index < -0.39 is 0 Å². The fourth-order valence-electron chi connectivity index (χ4n) is 9.54. The van der Waals surface area contributed by atoms with Crippen LogP contribution in [0.1, 0.15) is 111 Å². The maximum Gasteiger partial charge on any atom is 0.0637 e. The Balaban J connectivity index is 1.94. The smallest absolute Gasteiger partial charge is 0.0637 e. The molecule has 0 saturated heterocycles. The molecule has 3 rings (SSSR count). The SMILES string of the molecule is CC[C@@H](OCCCN)C1[C@@H](C2(C)CCC(OCCCN)CC2)C[C@H](OCCCN)C2(C)[C@@H]([C@H](C)CCCO)CC[C@@H]12. The second kappa shape index (κ2) is 17.3. The van der Waals surface area contributed by atoms with Crippen molar-refractivity contribution in [3.8, 4) is 0 Å². The molecule has 242 valence electrons. The van der Waals surface area contributed by atoms with Crippen LogP contribution in [0.3, 0.4) is 0 Å². The van der Waals surface area contributed by atoms with Crippen LogP contribution in [0.15, 0.2) is 0 Å². The van der Waals surface area contributed by atoms with Gasteiger partial charge in [-0.25, -0.2) is 0 Å². The van der Waals surface area contributed by atoms with Crippen molar-refractivity contribution in [2.75, 3.05) is 46.1 Å². The molecule has 3 saturated carbocycles. The van der Waals surface area contributed by atoms with E-state index >= 15 is 0 Å². The van der Waals surface area contributed by atoms with Crippen molar-refractivity contribution in [1.82, 2.24) is 0 Å². The summed E-state index contributed by atoms with van der Waals surface area (Å²) >= 11 is 0. The van der Waals surface area contributed by atoms with Gasteiger partial charge >= 0.3 is 0 Å². The van der Waals surface area contributed by atoms with Crippen LogP contribution in [0.2, 0.25) is 0 Å². The first-order chi connectivity index (χ1) is 19.8. The number of aliphatic hydroxyl groups is 1. The molecule has 0 aromatic heterocycles. The topological polar surface area (TPSA) is 126 Å². The van der Waals surface area contributed by atoms with Crippen molar-refractivity contribution in [1.29, 1.82) is 0 Å². The lowest BCUT2D eigenvalue weighted by Gasteiger charge is -2.60. The lowest BCUT2D eigenvalue weighted by Crippen LogP contribution is -2.59. The molecule has 7 heteroatoms. The molecule has 0 bridgehead atoms. The van der Waals surface area contributed by atoms with E-state index in [2.05, 4.69) is 27.7 Å². The Hall–Kier alpha value is -0.280. The van der Waals surface area contributed by atoms with Gasteiger partial charge in [-0.1, -0.05) is 27.7 Å². The summed E-state index contributed by atoms with van der Waals surface area (Å²) in [6, 6.07) is 0. The molecule has 3 fully saturated rings. The van der Waals surface area contributed by atoms with E-state index in [4.69, 9.17) is 31.4 Å². The van der Waals surface area contributed by atoms with Gasteiger partial charge in [0.25, 0.3) is 0 Å². The molecule has 8 atom stereocenters. The Morgan fingerprint density at radius 2 is 1.46 bits per heavy atom. The van der Waals surface area contributed by atoms with Gasteiger partial charge in [0.05, 0.1) is 18.3 Å². The second-order valence-corrected chi connectivity index (χ2v) is 14.2. The van der Waals surface area contributed by atoms with Crippen LogP contribution in [-0.4, -0.2) is 69.5 Å². The van der Waals surface area contributed by atoms with Gasteiger partial charge in [0.15, 0.2) is 0 Å². The summed E-state index contributed by atoms with van der Waals surface area (Å²) in [5.41, 5.74) is 17.9. The third-order valence-electron chi connectivity index (χ3n) is 11.8. The van der Waals surface area contributed by atoms with E-state index in [1.54, 1.807) is 0 Å². The maximum atomic E-state index is 9.61. The highest BCUT2D eigenvalue weighted by atomic mass is 16.5. The van der Waals surface area contributed by atoms with Crippen LogP contribution in [0, 0.1) is 40.4 Å². The van der Waals surface area contributed by atoms with Gasteiger partial charge in [-0.15, -0.1) is 0 Å². The van der Waals surface area contributed by atoms with Gasteiger partial charge in [0.2, 0.25) is 0 Å². The minimum atomic E-state index is 0.105. The Bertz CT molecular complexity index is 718. The van der Waals surface area contributed by atoms with E-state index in [1.165, 1.54) is 25.7 Å². The highest BCUT2D eigenvalue weighted by Crippen LogP contribution is 2.66. The van der Waals surface area contributed by atoms with Crippen LogP contribution in [0.4, 0.5) is 0 Å². The summed E-state index contributed by atoms with van der Waals surface area (Å²) in [5.74, 6) is 2.83. The molecule has 0 aromatic carbocycles. The summed E-state index contributed by atoms with van der Waals surface area (Å²) in [6.45, 7) is 14.5. The molecular weight excluding hydrogens is 514 g/mol. The van der Waals surface area contributed by atoms with Crippen molar-refractivity contribution in [2.24, 2.45) is 57.6 Å². The van der Waals surface area contributed by atoms with E-state index in [1.807, 2.05) is 0 Å². The zero-order valence-electron chi connectivity index (χ0n) is 27.2.